The van der Waals surface area contributed by atoms with E-state index in [0.29, 0.717) is 24.3 Å². The maximum absolute atomic E-state index is 11.9. The number of rotatable bonds is 3. The lowest BCUT2D eigenvalue weighted by Gasteiger charge is -2.36. The largest absolute Gasteiger partial charge is 0.339 e. The van der Waals surface area contributed by atoms with Gasteiger partial charge >= 0.3 is 0 Å². The first-order chi connectivity index (χ1) is 8.13. The van der Waals surface area contributed by atoms with Crippen molar-refractivity contribution in [2.45, 2.75) is 45.1 Å². The molecule has 17 heavy (non-hydrogen) atoms. The van der Waals surface area contributed by atoms with Gasteiger partial charge in [-0.1, -0.05) is 6.92 Å². The van der Waals surface area contributed by atoms with Gasteiger partial charge in [0.05, 0.1) is 0 Å². The number of likely N-dealkylation sites (tertiary alicyclic amines) is 1. The molecule has 2 heterocycles. The monoisotopic (exact) mass is 315 g/mol. The second-order valence-electron chi connectivity index (χ2n) is 4.67. The Kier molecular flexibility index (Phi) is 4.26. The molecule has 1 aliphatic heterocycles. The number of amides is 1. The molecule has 0 aromatic carbocycles. The minimum atomic E-state index is 0.322. The zero-order valence-electron chi connectivity index (χ0n) is 10.3. The first-order valence-electron chi connectivity index (χ1n) is 6.15. The minimum Gasteiger partial charge on any atom is -0.339 e. The van der Waals surface area contributed by atoms with Crippen LogP contribution in [0.2, 0.25) is 0 Å². The Hall–Kier alpha value is -0.350. The van der Waals surface area contributed by atoms with Crippen molar-refractivity contribution in [3.05, 3.63) is 20.8 Å². The summed E-state index contributed by atoms with van der Waals surface area (Å²) in [5.41, 5.74) is 0. The number of carbonyl (C=O) groups is 1. The Morgan fingerprint density at radius 1 is 1.65 bits per heavy atom. The molecule has 1 aromatic rings. The molecule has 4 heteroatoms. The van der Waals surface area contributed by atoms with E-state index in [9.17, 15) is 4.79 Å². The van der Waals surface area contributed by atoms with E-state index in [-0.39, 0.29) is 0 Å². The lowest BCUT2D eigenvalue weighted by molar-refractivity contribution is -0.136. The summed E-state index contributed by atoms with van der Waals surface area (Å²) in [6.45, 7) is 5.17. The maximum atomic E-state index is 11.9. The summed E-state index contributed by atoms with van der Waals surface area (Å²) in [7, 11) is 0. The number of carbonyl (C=O) groups excluding carboxylic acids is 1. The number of hydrogen-bond acceptors (Lipinski definition) is 2. The van der Waals surface area contributed by atoms with E-state index in [1.165, 1.54) is 9.35 Å². The summed E-state index contributed by atoms with van der Waals surface area (Å²) in [6.07, 6.45) is 2.72. The molecule has 1 aromatic heterocycles. The van der Waals surface area contributed by atoms with Crippen LogP contribution in [0.25, 0.3) is 0 Å². The fourth-order valence-corrected chi connectivity index (χ4v) is 4.16. The quantitative estimate of drug-likeness (QED) is 0.825. The number of hydrogen-bond donors (Lipinski definition) is 0. The van der Waals surface area contributed by atoms with Crippen molar-refractivity contribution in [2.75, 3.05) is 6.54 Å². The maximum Gasteiger partial charge on any atom is 0.222 e. The van der Waals surface area contributed by atoms with Gasteiger partial charge in [0.1, 0.15) is 0 Å². The average Bonchev–Trinajstić information content (AvgIpc) is 2.75. The highest BCUT2D eigenvalue weighted by molar-refractivity contribution is 9.10. The van der Waals surface area contributed by atoms with E-state index in [1.807, 2.05) is 0 Å². The van der Waals surface area contributed by atoms with Gasteiger partial charge in [-0.3, -0.25) is 4.79 Å². The topological polar surface area (TPSA) is 20.3 Å². The van der Waals surface area contributed by atoms with E-state index in [0.717, 1.165) is 19.4 Å². The van der Waals surface area contributed by atoms with Crippen LogP contribution < -0.4 is 0 Å². The zero-order valence-corrected chi connectivity index (χ0v) is 12.7. The fraction of sp³-hybridized carbons (Fsp3) is 0.615. The van der Waals surface area contributed by atoms with Crippen LogP contribution >= 0.6 is 27.3 Å². The molecular formula is C13H18BrNOS. The van der Waals surface area contributed by atoms with Crippen LogP contribution in [0.5, 0.6) is 0 Å². The van der Waals surface area contributed by atoms with Crippen molar-refractivity contribution in [3.8, 4) is 0 Å². The Morgan fingerprint density at radius 2 is 2.41 bits per heavy atom. The molecule has 1 aliphatic rings. The van der Waals surface area contributed by atoms with E-state index in [2.05, 4.69) is 46.1 Å². The van der Waals surface area contributed by atoms with E-state index in [1.54, 1.807) is 11.3 Å². The number of thiophene rings is 1. The van der Waals surface area contributed by atoms with Gasteiger partial charge in [-0.15, -0.1) is 11.3 Å². The highest BCUT2D eigenvalue weighted by Crippen LogP contribution is 2.36. The highest BCUT2D eigenvalue weighted by atomic mass is 79.9. The lowest BCUT2D eigenvalue weighted by Crippen LogP contribution is -2.44. The number of nitrogens with zero attached hydrogens (tertiary/aromatic N) is 1. The van der Waals surface area contributed by atoms with Crippen molar-refractivity contribution >= 4 is 33.2 Å². The van der Waals surface area contributed by atoms with Crippen molar-refractivity contribution in [1.82, 2.24) is 4.90 Å². The van der Waals surface area contributed by atoms with Crippen LogP contribution in [0.3, 0.4) is 0 Å². The summed E-state index contributed by atoms with van der Waals surface area (Å²) in [5.74, 6) is 0.833. The average molecular weight is 316 g/mol. The van der Waals surface area contributed by atoms with Gasteiger partial charge in [0.25, 0.3) is 0 Å². The van der Waals surface area contributed by atoms with Crippen molar-refractivity contribution in [1.29, 1.82) is 0 Å². The SMILES string of the molecule is CCC(C)N1CC(c2sccc2Br)CCC1=O. The van der Waals surface area contributed by atoms with E-state index in [4.69, 9.17) is 0 Å². The van der Waals surface area contributed by atoms with Crippen LogP contribution in [-0.2, 0) is 4.79 Å². The summed E-state index contributed by atoms with van der Waals surface area (Å²) in [6, 6.07) is 2.47. The van der Waals surface area contributed by atoms with Crippen LogP contribution in [0.1, 0.15) is 43.9 Å². The minimum absolute atomic E-state index is 0.322. The summed E-state index contributed by atoms with van der Waals surface area (Å²) >= 11 is 5.39. The molecular weight excluding hydrogens is 298 g/mol. The molecule has 0 spiro atoms. The molecule has 0 N–H and O–H groups in total. The molecule has 94 valence electrons. The molecule has 0 aliphatic carbocycles. The van der Waals surface area contributed by atoms with Gasteiger partial charge in [-0.25, -0.2) is 0 Å². The van der Waals surface area contributed by atoms with Gasteiger partial charge in [-0.2, -0.15) is 0 Å². The van der Waals surface area contributed by atoms with Crippen LogP contribution in [-0.4, -0.2) is 23.4 Å². The van der Waals surface area contributed by atoms with Crippen LogP contribution in [0.4, 0.5) is 0 Å². The third kappa shape index (κ3) is 2.74. The third-order valence-corrected chi connectivity index (χ3v) is 5.62. The Labute approximate surface area is 115 Å². The highest BCUT2D eigenvalue weighted by Gasteiger charge is 2.30. The number of halogens is 1. The molecule has 2 atom stereocenters. The Bertz CT molecular complexity index is 404. The van der Waals surface area contributed by atoms with E-state index >= 15 is 0 Å². The van der Waals surface area contributed by atoms with Crippen molar-refractivity contribution in [3.63, 3.8) is 0 Å². The molecule has 0 saturated carbocycles. The van der Waals surface area contributed by atoms with Gasteiger partial charge in [0, 0.05) is 34.3 Å². The molecule has 2 rings (SSSR count). The van der Waals surface area contributed by atoms with Crippen LogP contribution in [0.15, 0.2) is 15.9 Å². The number of piperidine rings is 1. The zero-order chi connectivity index (χ0) is 12.4. The van der Waals surface area contributed by atoms with Gasteiger partial charge in [0.2, 0.25) is 5.91 Å². The van der Waals surface area contributed by atoms with Gasteiger partial charge in [0.15, 0.2) is 0 Å². The smallest absolute Gasteiger partial charge is 0.222 e. The van der Waals surface area contributed by atoms with E-state index < -0.39 is 0 Å². The molecule has 1 amide bonds. The lowest BCUT2D eigenvalue weighted by atomic mass is 9.94. The summed E-state index contributed by atoms with van der Waals surface area (Å²) < 4.78 is 1.20. The van der Waals surface area contributed by atoms with Crippen molar-refractivity contribution < 1.29 is 4.79 Å². The van der Waals surface area contributed by atoms with Crippen molar-refractivity contribution in [2.24, 2.45) is 0 Å². The second kappa shape index (κ2) is 5.53. The third-order valence-electron chi connectivity index (χ3n) is 3.58. The molecule has 0 radical (unpaired) electrons. The van der Waals surface area contributed by atoms with Gasteiger partial charge in [-0.05, 0) is 47.1 Å². The summed E-state index contributed by atoms with van der Waals surface area (Å²) in [4.78, 5) is 15.4. The Morgan fingerprint density at radius 3 is 3.00 bits per heavy atom. The van der Waals surface area contributed by atoms with Gasteiger partial charge < -0.3 is 4.90 Å². The first kappa shape index (κ1) is 13.1. The first-order valence-corrected chi connectivity index (χ1v) is 7.83. The molecule has 0 bridgehead atoms. The molecule has 2 unspecified atom stereocenters. The molecule has 1 saturated heterocycles. The fourth-order valence-electron chi connectivity index (χ4n) is 2.33. The summed E-state index contributed by atoms with van der Waals surface area (Å²) in [5, 5.41) is 2.11. The predicted molar refractivity (Wildman–Crippen MR) is 75.5 cm³/mol. The standard InChI is InChI=1S/C13H18BrNOS/c1-3-9(2)15-8-10(4-5-12(15)16)13-11(14)6-7-17-13/h6-7,9-10H,3-5,8H2,1-2H3. The molecule has 2 nitrogen and oxygen atoms in total. The second-order valence-corrected chi connectivity index (χ2v) is 6.47. The molecule has 1 fully saturated rings. The van der Waals surface area contributed by atoms with Crippen LogP contribution in [0, 0.1) is 0 Å². The predicted octanol–water partition coefficient (Wildman–Crippen LogP) is 4.02. The Balaban J connectivity index is 2.13. The normalized spacial score (nSPS) is 22.9.